The summed E-state index contributed by atoms with van der Waals surface area (Å²) in [6.07, 6.45) is 3.45. The summed E-state index contributed by atoms with van der Waals surface area (Å²) in [6, 6.07) is 9.66. The molecule has 4 rings (SSSR count). The summed E-state index contributed by atoms with van der Waals surface area (Å²) in [7, 11) is 4.76. The van der Waals surface area contributed by atoms with Gasteiger partial charge < -0.3 is 24.0 Å². The zero-order valence-corrected chi connectivity index (χ0v) is 17.3. The van der Waals surface area contributed by atoms with Crippen LogP contribution in [0.1, 0.15) is 0 Å². The van der Waals surface area contributed by atoms with Crippen LogP contribution in [-0.4, -0.2) is 67.7 Å². The first-order valence-corrected chi connectivity index (χ1v) is 9.64. The molecule has 1 saturated heterocycles. The molecule has 3 heterocycles. The van der Waals surface area contributed by atoms with Gasteiger partial charge in [0.15, 0.2) is 11.5 Å². The van der Waals surface area contributed by atoms with Gasteiger partial charge in [0.2, 0.25) is 11.7 Å². The van der Waals surface area contributed by atoms with E-state index in [9.17, 15) is 0 Å². The van der Waals surface area contributed by atoms with Gasteiger partial charge in [-0.1, -0.05) is 6.07 Å². The first-order chi connectivity index (χ1) is 14.7. The Morgan fingerprint density at radius 3 is 2.17 bits per heavy atom. The highest BCUT2D eigenvalue weighted by molar-refractivity contribution is 5.68. The van der Waals surface area contributed by atoms with Crippen molar-refractivity contribution in [3.05, 3.63) is 42.7 Å². The molecular weight excluding hydrogens is 384 g/mol. The Balaban J connectivity index is 1.55. The number of pyridine rings is 1. The summed E-state index contributed by atoms with van der Waals surface area (Å²) >= 11 is 0. The van der Waals surface area contributed by atoms with Crippen LogP contribution >= 0.6 is 0 Å². The predicted molar refractivity (Wildman–Crippen MR) is 114 cm³/mol. The second-order valence-electron chi connectivity index (χ2n) is 6.72. The second kappa shape index (κ2) is 8.81. The van der Waals surface area contributed by atoms with Crippen molar-refractivity contribution < 1.29 is 14.2 Å². The van der Waals surface area contributed by atoms with Crippen LogP contribution in [0.3, 0.4) is 0 Å². The fraction of sp³-hybridized carbons (Fsp3) is 0.333. The number of anilines is 2. The molecule has 30 heavy (non-hydrogen) atoms. The minimum atomic E-state index is 0.539. The molecule has 0 aliphatic carbocycles. The number of methoxy groups -OCH3 is 3. The Hall–Kier alpha value is -3.62. The van der Waals surface area contributed by atoms with Crippen molar-refractivity contribution in [2.75, 3.05) is 57.3 Å². The third-order valence-corrected chi connectivity index (χ3v) is 5.04. The van der Waals surface area contributed by atoms with Gasteiger partial charge in [-0.2, -0.15) is 5.10 Å². The van der Waals surface area contributed by atoms with Crippen LogP contribution in [0.15, 0.2) is 42.7 Å². The van der Waals surface area contributed by atoms with Gasteiger partial charge in [0.25, 0.3) is 0 Å². The Morgan fingerprint density at radius 2 is 1.57 bits per heavy atom. The summed E-state index contributed by atoms with van der Waals surface area (Å²) in [6.45, 7) is 3.26. The first-order valence-electron chi connectivity index (χ1n) is 9.64. The maximum absolute atomic E-state index is 5.45. The number of hydrogen-bond acceptors (Lipinski definition) is 9. The topological polar surface area (TPSA) is 85.7 Å². The molecule has 9 heteroatoms. The lowest BCUT2D eigenvalue weighted by atomic mass is 10.1. The van der Waals surface area contributed by atoms with E-state index < -0.39 is 0 Å². The monoisotopic (exact) mass is 408 g/mol. The quantitative estimate of drug-likeness (QED) is 0.610. The van der Waals surface area contributed by atoms with Crippen molar-refractivity contribution in [3.63, 3.8) is 0 Å². The van der Waals surface area contributed by atoms with E-state index in [1.165, 1.54) is 0 Å². The number of benzene rings is 1. The largest absolute Gasteiger partial charge is 0.493 e. The third-order valence-electron chi connectivity index (χ3n) is 5.04. The molecule has 0 amide bonds. The van der Waals surface area contributed by atoms with Crippen LogP contribution in [0.2, 0.25) is 0 Å². The zero-order valence-electron chi connectivity index (χ0n) is 17.3. The number of nitrogens with zero attached hydrogens (tertiary/aromatic N) is 6. The lowest BCUT2D eigenvalue weighted by Crippen LogP contribution is -2.47. The zero-order chi connectivity index (χ0) is 20.9. The van der Waals surface area contributed by atoms with E-state index in [-0.39, 0.29) is 0 Å². The van der Waals surface area contributed by atoms with Gasteiger partial charge in [-0.15, -0.1) is 5.10 Å². The molecule has 0 bridgehead atoms. The fourth-order valence-corrected chi connectivity index (χ4v) is 3.47. The molecule has 0 saturated carbocycles. The van der Waals surface area contributed by atoms with Crippen LogP contribution in [0.25, 0.3) is 11.3 Å². The smallest absolute Gasteiger partial charge is 0.246 e. The highest BCUT2D eigenvalue weighted by Gasteiger charge is 2.21. The summed E-state index contributed by atoms with van der Waals surface area (Å²) in [5.74, 6) is 3.26. The number of hydrogen-bond donors (Lipinski definition) is 0. The molecule has 0 spiro atoms. The Labute approximate surface area is 175 Å². The Kier molecular flexibility index (Phi) is 5.78. The number of ether oxygens (including phenoxy) is 3. The molecule has 1 aliphatic rings. The molecular formula is C21H24N6O3. The molecule has 1 fully saturated rings. The van der Waals surface area contributed by atoms with Gasteiger partial charge in [0.05, 0.1) is 33.2 Å². The lowest BCUT2D eigenvalue weighted by molar-refractivity contribution is 0.324. The maximum atomic E-state index is 5.45. The van der Waals surface area contributed by atoms with Crippen LogP contribution in [-0.2, 0) is 0 Å². The van der Waals surface area contributed by atoms with Crippen LogP contribution in [0.5, 0.6) is 17.2 Å². The van der Waals surface area contributed by atoms with Crippen molar-refractivity contribution in [2.45, 2.75) is 0 Å². The molecule has 0 atom stereocenters. The van der Waals surface area contributed by atoms with Crippen LogP contribution < -0.4 is 24.0 Å². The van der Waals surface area contributed by atoms with Crippen molar-refractivity contribution in [2.24, 2.45) is 0 Å². The first kappa shape index (κ1) is 19.7. The second-order valence-corrected chi connectivity index (χ2v) is 6.72. The van der Waals surface area contributed by atoms with Crippen molar-refractivity contribution in [1.29, 1.82) is 0 Å². The van der Waals surface area contributed by atoms with E-state index in [0.29, 0.717) is 28.9 Å². The number of aromatic nitrogens is 4. The van der Waals surface area contributed by atoms with E-state index in [1.807, 2.05) is 36.5 Å². The predicted octanol–water partition coefficient (Wildman–Crippen LogP) is 2.29. The summed E-state index contributed by atoms with van der Waals surface area (Å²) < 4.78 is 16.3. The summed E-state index contributed by atoms with van der Waals surface area (Å²) in [5, 5.41) is 8.42. The van der Waals surface area contributed by atoms with E-state index in [4.69, 9.17) is 19.2 Å². The van der Waals surface area contributed by atoms with Gasteiger partial charge in [0, 0.05) is 37.9 Å². The van der Waals surface area contributed by atoms with E-state index in [0.717, 1.165) is 37.6 Å². The Bertz CT molecular complexity index is 968. The average molecular weight is 408 g/mol. The molecule has 0 radical (unpaired) electrons. The standard InChI is InChI=1S/C21H24N6O3/c1-28-17-12-15(13-18(29-2)20(17)30-3)16-14-23-25-21(24-16)27-10-8-26(9-11-27)19-6-4-5-7-22-19/h4-7,12-14H,8-11H2,1-3H3. The highest BCUT2D eigenvalue weighted by Crippen LogP contribution is 2.40. The van der Waals surface area contributed by atoms with Gasteiger partial charge in [-0.3, -0.25) is 0 Å². The summed E-state index contributed by atoms with van der Waals surface area (Å²) in [4.78, 5) is 13.6. The van der Waals surface area contributed by atoms with Crippen molar-refractivity contribution in [1.82, 2.24) is 20.2 Å². The minimum Gasteiger partial charge on any atom is -0.493 e. The maximum Gasteiger partial charge on any atom is 0.246 e. The molecule has 3 aromatic rings. The van der Waals surface area contributed by atoms with E-state index >= 15 is 0 Å². The molecule has 0 N–H and O–H groups in total. The third kappa shape index (κ3) is 3.91. The average Bonchev–Trinajstić information content (AvgIpc) is 2.83. The SMILES string of the molecule is COc1cc(-c2cnnc(N3CCN(c4ccccn4)CC3)n2)cc(OC)c1OC. The summed E-state index contributed by atoms with van der Waals surface area (Å²) in [5.41, 5.74) is 1.50. The van der Waals surface area contributed by atoms with Crippen molar-refractivity contribution >= 4 is 11.8 Å². The van der Waals surface area contributed by atoms with Gasteiger partial charge in [-0.25, -0.2) is 9.97 Å². The molecule has 0 unspecified atom stereocenters. The van der Waals surface area contributed by atoms with Crippen LogP contribution in [0, 0.1) is 0 Å². The molecule has 156 valence electrons. The molecule has 1 aliphatic heterocycles. The van der Waals surface area contributed by atoms with E-state index in [2.05, 4.69) is 25.0 Å². The Morgan fingerprint density at radius 1 is 0.867 bits per heavy atom. The normalized spacial score (nSPS) is 13.8. The van der Waals surface area contributed by atoms with Gasteiger partial charge in [-0.05, 0) is 24.3 Å². The minimum absolute atomic E-state index is 0.539. The number of piperazine rings is 1. The molecule has 2 aromatic heterocycles. The fourth-order valence-electron chi connectivity index (χ4n) is 3.47. The number of rotatable bonds is 6. The highest BCUT2D eigenvalue weighted by atomic mass is 16.5. The lowest BCUT2D eigenvalue weighted by Gasteiger charge is -2.35. The van der Waals surface area contributed by atoms with Crippen molar-refractivity contribution in [3.8, 4) is 28.5 Å². The van der Waals surface area contributed by atoms with Crippen LogP contribution in [0.4, 0.5) is 11.8 Å². The van der Waals surface area contributed by atoms with E-state index in [1.54, 1.807) is 27.5 Å². The molecule has 9 nitrogen and oxygen atoms in total. The van der Waals surface area contributed by atoms with Gasteiger partial charge >= 0.3 is 0 Å². The molecule has 1 aromatic carbocycles. The van der Waals surface area contributed by atoms with Gasteiger partial charge in [0.1, 0.15) is 5.82 Å².